The predicted molar refractivity (Wildman–Crippen MR) is 70.9 cm³/mol. The molecule has 2 aromatic rings. The third-order valence-electron chi connectivity index (χ3n) is 2.57. The number of anilines is 2. The summed E-state index contributed by atoms with van der Waals surface area (Å²) in [6.07, 6.45) is -4.63. The minimum absolute atomic E-state index is 0.0737. The van der Waals surface area contributed by atoms with E-state index in [0.29, 0.717) is 5.69 Å². The van der Waals surface area contributed by atoms with Crippen LogP contribution in [-0.4, -0.2) is 0 Å². The summed E-state index contributed by atoms with van der Waals surface area (Å²) < 4.78 is 38.5. The van der Waals surface area contributed by atoms with Gasteiger partial charge in [0.25, 0.3) is 0 Å². The predicted octanol–water partition coefficient (Wildman–Crippen LogP) is 4.29. The number of hydrogen-bond acceptors (Lipinski definition) is 4. The van der Waals surface area contributed by atoms with Crippen molar-refractivity contribution in [2.45, 2.75) is 6.18 Å². The van der Waals surface area contributed by atoms with Crippen molar-refractivity contribution in [2.75, 3.05) is 11.5 Å². The fourth-order valence-electron chi connectivity index (χ4n) is 1.64. The van der Waals surface area contributed by atoms with Crippen LogP contribution in [0.25, 0.3) is 0 Å². The molecule has 4 nitrogen and oxygen atoms in total. The summed E-state index contributed by atoms with van der Waals surface area (Å²) in [4.78, 5) is 0. The van der Waals surface area contributed by atoms with Gasteiger partial charge in [0.1, 0.15) is 11.3 Å². The van der Waals surface area contributed by atoms with Gasteiger partial charge in [-0.2, -0.15) is 18.3 Å². The molecule has 0 saturated heterocycles. The van der Waals surface area contributed by atoms with E-state index in [1.165, 1.54) is 6.07 Å². The van der Waals surface area contributed by atoms with Gasteiger partial charge in [0, 0.05) is 5.69 Å². The summed E-state index contributed by atoms with van der Waals surface area (Å²) in [7, 11) is 0. The zero-order chi connectivity index (χ0) is 14.8. The summed E-state index contributed by atoms with van der Waals surface area (Å²) in [5.41, 5.74) is 9.18. The van der Waals surface area contributed by atoms with Crippen molar-refractivity contribution in [2.24, 2.45) is 10.2 Å². The molecule has 0 saturated carbocycles. The number of alkyl halides is 3. The van der Waals surface area contributed by atoms with Crippen LogP contribution in [-0.2, 0) is 6.18 Å². The van der Waals surface area contributed by atoms with Crippen molar-refractivity contribution >= 4 is 22.7 Å². The highest BCUT2D eigenvalue weighted by Gasteiger charge is 2.36. The summed E-state index contributed by atoms with van der Waals surface area (Å²) in [5, 5.41) is 7.56. The van der Waals surface area contributed by atoms with Gasteiger partial charge in [-0.25, -0.2) is 0 Å². The van der Waals surface area contributed by atoms with Gasteiger partial charge in [0.05, 0.1) is 11.4 Å². The normalized spacial score (nSPS) is 11.9. The molecule has 0 amide bonds. The second-order valence-electron chi connectivity index (χ2n) is 4.00. The highest BCUT2D eigenvalue weighted by molar-refractivity contribution is 5.74. The van der Waals surface area contributed by atoms with Crippen LogP contribution < -0.4 is 11.5 Å². The maximum absolute atomic E-state index is 12.8. The lowest BCUT2D eigenvalue weighted by Gasteiger charge is -2.13. The van der Waals surface area contributed by atoms with E-state index in [4.69, 9.17) is 11.5 Å². The first kappa shape index (κ1) is 13.9. The molecule has 0 aliphatic rings. The van der Waals surface area contributed by atoms with E-state index in [1.807, 2.05) is 0 Å². The Kier molecular flexibility index (Phi) is 3.60. The molecule has 0 bridgehead atoms. The fraction of sp³-hybridized carbons (Fsp3) is 0.0769. The van der Waals surface area contributed by atoms with E-state index in [1.54, 1.807) is 30.3 Å². The third-order valence-corrected chi connectivity index (χ3v) is 2.57. The molecule has 7 heteroatoms. The highest BCUT2D eigenvalue weighted by Crippen LogP contribution is 2.42. The molecule has 20 heavy (non-hydrogen) atoms. The van der Waals surface area contributed by atoms with Crippen LogP contribution in [0.3, 0.4) is 0 Å². The van der Waals surface area contributed by atoms with Gasteiger partial charge in [0.15, 0.2) is 0 Å². The first-order valence-electron chi connectivity index (χ1n) is 5.61. The number of nitrogens with zero attached hydrogens (tertiary/aromatic N) is 2. The van der Waals surface area contributed by atoms with Crippen LogP contribution in [0.1, 0.15) is 5.56 Å². The van der Waals surface area contributed by atoms with Crippen LogP contribution in [0, 0.1) is 0 Å². The topological polar surface area (TPSA) is 76.8 Å². The van der Waals surface area contributed by atoms with Gasteiger partial charge in [0.2, 0.25) is 0 Å². The van der Waals surface area contributed by atoms with Crippen LogP contribution in [0.15, 0.2) is 52.7 Å². The number of nitrogens with two attached hydrogens (primary N) is 2. The van der Waals surface area contributed by atoms with Crippen molar-refractivity contribution in [3.05, 3.63) is 48.0 Å². The minimum atomic E-state index is -4.63. The minimum Gasteiger partial charge on any atom is -0.398 e. The average Bonchev–Trinajstić information content (AvgIpc) is 2.37. The summed E-state index contributed by atoms with van der Waals surface area (Å²) in [5.74, 6) is 0. The Hall–Kier alpha value is -2.57. The van der Waals surface area contributed by atoms with Gasteiger partial charge in [-0.15, -0.1) is 5.11 Å². The molecule has 0 heterocycles. The second-order valence-corrected chi connectivity index (χ2v) is 4.00. The van der Waals surface area contributed by atoms with Crippen LogP contribution in [0.4, 0.5) is 35.9 Å². The molecular weight excluding hydrogens is 269 g/mol. The van der Waals surface area contributed by atoms with E-state index in [0.717, 1.165) is 6.07 Å². The van der Waals surface area contributed by atoms with Crippen LogP contribution in [0.2, 0.25) is 0 Å². The molecule has 2 aromatic carbocycles. The standard InChI is InChI=1S/C13H11F3N4/c14-13(15,16)11-9(17)6-7-10(12(11)18)20-19-8-4-2-1-3-5-8/h1-7H,17-18H2/b20-19+. The zero-order valence-corrected chi connectivity index (χ0v) is 10.2. The number of benzene rings is 2. The van der Waals surface area contributed by atoms with E-state index in [2.05, 4.69) is 10.2 Å². The van der Waals surface area contributed by atoms with Gasteiger partial charge in [-0.05, 0) is 24.3 Å². The number of nitrogen functional groups attached to an aromatic ring is 2. The maximum atomic E-state index is 12.8. The first-order valence-corrected chi connectivity index (χ1v) is 5.61. The molecule has 104 valence electrons. The first-order chi connectivity index (χ1) is 9.39. The summed E-state index contributed by atoms with van der Waals surface area (Å²) >= 11 is 0. The third kappa shape index (κ3) is 2.87. The molecule has 0 aliphatic heterocycles. The molecule has 0 fully saturated rings. The number of azo groups is 1. The number of rotatable bonds is 2. The molecule has 0 atom stereocenters. The molecule has 4 N–H and O–H groups in total. The molecular formula is C13H11F3N4. The quantitative estimate of drug-likeness (QED) is 0.636. The lowest BCUT2D eigenvalue weighted by atomic mass is 10.1. The largest absolute Gasteiger partial charge is 0.420 e. The lowest BCUT2D eigenvalue weighted by Crippen LogP contribution is -2.12. The van der Waals surface area contributed by atoms with Crippen LogP contribution >= 0.6 is 0 Å². The maximum Gasteiger partial charge on any atom is 0.420 e. The molecule has 0 aromatic heterocycles. The van der Waals surface area contributed by atoms with E-state index in [9.17, 15) is 13.2 Å². The fourth-order valence-corrected chi connectivity index (χ4v) is 1.64. The molecule has 0 aliphatic carbocycles. The Morgan fingerprint density at radius 1 is 0.850 bits per heavy atom. The van der Waals surface area contributed by atoms with E-state index >= 15 is 0 Å². The summed E-state index contributed by atoms with van der Waals surface area (Å²) in [6, 6.07) is 11.0. The van der Waals surface area contributed by atoms with Crippen molar-refractivity contribution < 1.29 is 13.2 Å². The smallest absolute Gasteiger partial charge is 0.398 e. The second kappa shape index (κ2) is 5.20. The Balaban J connectivity index is 2.42. The Morgan fingerprint density at radius 2 is 1.50 bits per heavy atom. The molecule has 2 rings (SSSR count). The van der Waals surface area contributed by atoms with Crippen LogP contribution in [0.5, 0.6) is 0 Å². The Bertz CT molecular complexity index is 636. The molecule has 0 unspecified atom stereocenters. The zero-order valence-electron chi connectivity index (χ0n) is 10.2. The molecule has 0 spiro atoms. The van der Waals surface area contributed by atoms with Crippen molar-refractivity contribution in [1.29, 1.82) is 0 Å². The van der Waals surface area contributed by atoms with Crippen molar-refractivity contribution in [3.63, 3.8) is 0 Å². The van der Waals surface area contributed by atoms with Crippen molar-refractivity contribution in [1.82, 2.24) is 0 Å². The Morgan fingerprint density at radius 3 is 2.10 bits per heavy atom. The van der Waals surface area contributed by atoms with Crippen molar-refractivity contribution in [3.8, 4) is 0 Å². The van der Waals surface area contributed by atoms with E-state index in [-0.39, 0.29) is 5.69 Å². The average molecular weight is 280 g/mol. The van der Waals surface area contributed by atoms with Gasteiger partial charge >= 0.3 is 6.18 Å². The number of halogens is 3. The Labute approximate surface area is 112 Å². The van der Waals surface area contributed by atoms with Gasteiger partial charge in [-0.1, -0.05) is 18.2 Å². The SMILES string of the molecule is Nc1ccc(/N=N/c2ccccc2)c(N)c1C(F)(F)F. The van der Waals surface area contributed by atoms with E-state index < -0.39 is 23.1 Å². The highest BCUT2D eigenvalue weighted by atomic mass is 19.4. The lowest BCUT2D eigenvalue weighted by molar-refractivity contribution is -0.136. The van der Waals surface area contributed by atoms with Gasteiger partial charge in [-0.3, -0.25) is 0 Å². The van der Waals surface area contributed by atoms with Gasteiger partial charge < -0.3 is 11.5 Å². The number of hydrogen-bond donors (Lipinski definition) is 2. The summed E-state index contributed by atoms with van der Waals surface area (Å²) in [6.45, 7) is 0. The monoisotopic (exact) mass is 280 g/mol. The molecule has 0 radical (unpaired) electrons.